The number of anilines is 1. The molecule has 0 saturated carbocycles. The van der Waals surface area contributed by atoms with Crippen molar-refractivity contribution < 1.29 is 17.9 Å². The lowest BCUT2D eigenvalue weighted by Gasteiger charge is -2.28. The van der Waals surface area contributed by atoms with E-state index in [0.717, 1.165) is 12.8 Å². The zero-order chi connectivity index (χ0) is 16.7. The molecule has 1 N–H and O–H groups in total. The number of hydrogen-bond acceptors (Lipinski definition) is 4. The van der Waals surface area contributed by atoms with Crippen LogP contribution in [0.1, 0.15) is 36.5 Å². The van der Waals surface area contributed by atoms with Gasteiger partial charge in [-0.3, -0.25) is 9.10 Å². The lowest BCUT2D eigenvalue weighted by Crippen LogP contribution is -2.38. The highest BCUT2D eigenvalue weighted by atomic mass is 32.2. The Balaban J connectivity index is 2.00. The summed E-state index contributed by atoms with van der Waals surface area (Å²) in [6, 6.07) is 6.78. The van der Waals surface area contributed by atoms with Gasteiger partial charge in [-0.15, -0.1) is 0 Å². The first-order chi connectivity index (χ1) is 11.0. The standard InChI is InChI=1S/C16H24N2O4S/c1-2-22-11-6-9-17-16(19)14-7-5-8-15(13-14)18-10-3-4-12-23(18,20)21/h5,7-8,13H,2-4,6,9-12H2,1H3,(H,17,19). The minimum Gasteiger partial charge on any atom is -0.382 e. The topological polar surface area (TPSA) is 75.7 Å². The SMILES string of the molecule is CCOCCCNC(=O)c1cccc(N2CCCCS2(=O)=O)c1. The van der Waals surface area contributed by atoms with Gasteiger partial charge in [0.1, 0.15) is 0 Å². The van der Waals surface area contributed by atoms with Crippen LogP contribution in [0.15, 0.2) is 24.3 Å². The predicted molar refractivity (Wildman–Crippen MR) is 90.3 cm³/mol. The number of rotatable bonds is 7. The van der Waals surface area contributed by atoms with E-state index in [2.05, 4.69) is 5.32 Å². The average molecular weight is 340 g/mol. The Morgan fingerprint density at radius 2 is 2.17 bits per heavy atom. The molecule has 0 atom stereocenters. The summed E-state index contributed by atoms with van der Waals surface area (Å²) in [5, 5.41) is 2.82. The summed E-state index contributed by atoms with van der Waals surface area (Å²) >= 11 is 0. The third kappa shape index (κ3) is 4.94. The summed E-state index contributed by atoms with van der Waals surface area (Å²) in [6.07, 6.45) is 2.28. The van der Waals surface area contributed by atoms with Crippen molar-refractivity contribution in [1.82, 2.24) is 5.32 Å². The maximum absolute atomic E-state index is 12.2. The van der Waals surface area contributed by atoms with E-state index in [-0.39, 0.29) is 11.7 Å². The van der Waals surface area contributed by atoms with Gasteiger partial charge in [-0.05, 0) is 44.4 Å². The fourth-order valence-electron chi connectivity index (χ4n) is 2.50. The Bertz CT molecular complexity index is 631. The van der Waals surface area contributed by atoms with Gasteiger partial charge in [-0.2, -0.15) is 0 Å². The number of sulfonamides is 1. The molecule has 1 aromatic rings. The molecule has 1 saturated heterocycles. The third-order valence-electron chi connectivity index (χ3n) is 3.70. The van der Waals surface area contributed by atoms with Crippen LogP contribution in [0.2, 0.25) is 0 Å². The summed E-state index contributed by atoms with van der Waals surface area (Å²) in [5.74, 6) is -0.0290. The molecule has 6 nitrogen and oxygen atoms in total. The zero-order valence-electron chi connectivity index (χ0n) is 13.5. The predicted octanol–water partition coefficient (Wildman–Crippen LogP) is 1.77. The Morgan fingerprint density at radius 3 is 2.91 bits per heavy atom. The van der Waals surface area contributed by atoms with E-state index >= 15 is 0 Å². The number of hydrogen-bond donors (Lipinski definition) is 1. The molecule has 1 amide bonds. The second kappa shape index (κ2) is 8.31. The highest BCUT2D eigenvalue weighted by molar-refractivity contribution is 7.92. The van der Waals surface area contributed by atoms with Crippen molar-refractivity contribution in [2.24, 2.45) is 0 Å². The Hall–Kier alpha value is -1.60. The van der Waals surface area contributed by atoms with Gasteiger partial charge in [0, 0.05) is 31.9 Å². The van der Waals surface area contributed by atoms with Crippen LogP contribution in [0.3, 0.4) is 0 Å². The summed E-state index contributed by atoms with van der Waals surface area (Å²) in [4.78, 5) is 12.2. The maximum Gasteiger partial charge on any atom is 0.251 e. The van der Waals surface area contributed by atoms with Crippen molar-refractivity contribution >= 4 is 21.6 Å². The smallest absolute Gasteiger partial charge is 0.251 e. The van der Waals surface area contributed by atoms with Crippen LogP contribution >= 0.6 is 0 Å². The van der Waals surface area contributed by atoms with Crippen molar-refractivity contribution in [3.8, 4) is 0 Å². The molecule has 2 rings (SSSR count). The van der Waals surface area contributed by atoms with Gasteiger partial charge in [0.2, 0.25) is 10.0 Å². The molecule has 0 spiro atoms. The van der Waals surface area contributed by atoms with E-state index in [1.807, 2.05) is 6.92 Å². The lowest BCUT2D eigenvalue weighted by molar-refractivity contribution is 0.0944. The summed E-state index contributed by atoms with van der Waals surface area (Å²) in [5.41, 5.74) is 1.03. The number of carbonyl (C=O) groups excluding carboxylic acids is 1. The first-order valence-electron chi connectivity index (χ1n) is 8.01. The number of amides is 1. The Kier molecular flexibility index (Phi) is 6.41. The van der Waals surface area contributed by atoms with Crippen LogP contribution in [-0.4, -0.2) is 46.4 Å². The Morgan fingerprint density at radius 1 is 1.35 bits per heavy atom. The largest absolute Gasteiger partial charge is 0.382 e. The molecule has 0 radical (unpaired) electrons. The van der Waals surface area contributed by atoms with Gasteiger partial charge in [0.25, 0.3) is 5.91 Å². The summed E-state index contributed by atoms with van der Waals surface area (Å²) in [6.45, 7) is 4.22. The highest BCUT2D eigenvalue weighted by Gasteiger charge is 2.26. The van der Waals surface area contributed by atoms with Gasteiger partial charge < -0.3 is 10.1 Å². The summed E-state index contributed by atoms with van der Waals surface area (Å²) < 4.78 is 30.9. The molecule has 0 bridgehead atoms. The molecular weight excluding hydrogens is 316 g/mol. The van der Waals surface area contributed by atoms with Crippen LogP contribution in [0.5, 0.6) is 0 Å². The van der Waals surface area contributed by atoms with Crippen molar-refractivity contribution in [1.29, 1.82) is 0 Å². The third-order valence-corrected chi connectivity index (χ3v) is 5.57. The molecular formula is C16H24N2O4S. The number of nitrogens with zero attached hydrogens (tertiary/aromatic N) is 1. The molecule has 23 heavy (non-hydrogen) atoms. The van der Waals surface area contributed by atoms with Gasteiger partial charge in [0.05, 0.1) is 11.4 Å². The van der Waals surface area contributed by atoms with Crippen LogP contribution < -0.4 is 9.62 Å². The zero-order valence-corrected chi connectivity index (χ0v) is 14.3. The second-order valence-corrected chi connectivity index (χ2v) is 7.46. The fraction of sp³-hybridized carbons (Fsp3) is 0.562. The first kappa shape index (κ1) is 17.7. The van der Waals surface area contributed by atoms with E-state index in [0.29, 0.717) is 44.0 Å². The monoisotopic (exact) mass is 340 g/mol. The van der Waals surface area contributed by atoms with Gasteiger partial charge in [0.15, 0.2) is 0 Å². The van der Waals surface area contributed by atoms with Crippen LogP contribution in [0.4, 0.5) is 5.69 Å². The van der Waals surface area contributed by atoms with Gasteiger partial charge in [-0.1, -0.05) is 6.07 Å². The molecule has 1 aromatic carbocycles. The van der Waals surface area contributed by atoms with Crippen LogP contribution in [-0.2, 0) is 14.8 Å². The maximum atomic E-state index is 12.2. The van der Waals surface area contributed by atoms with Crippen molar-refractivity contribution in [3.63, 3.8) is 0 Å². The van der Waals surface area contributed by atoms with Crippen LogP contribution in [0.25, 0.3) is 0 Å². The number of ether oxygens (including phenoxy) is 1. The van der Waals surface area contributed by atoms with Crippen molar-refractivity contribution in [2.45, 2.75) is 26.2 Å². The average Bonchev–Trinajstić information content (AvgIpc) is 2.54. The molecule has 1 aliphatic heterocycles. The number of nitrogens with one attached hydrogen (secondary N) is 1. The molecule has 0 aromatic heterocycles. The van der Waals surface area contributed by atoms with E-state index in [9.17, 15) is 13.2 Å². The molecule has 7 heteroatoms. The molecule has 128 valence electrons. The molecule has 1 aliphatic rings. The van der Waals surface area contributed by atoms with Crippen molar-refractivity contribution in [3.05, 3.63) is 29.8 Å². The molecule has 0 unspecified atom stereocenters. The molecule has 0 aliphatic carbocycles. The van der Waals surface area contributed by atoms with Crippen LogP contribution in [0, 0.1) is 0 Å². The summed E-state index contributed by atoms with van der Waals surface area (Å²) in [7, 11) is -3.26. The number of carbonyl (C=O) groups is 1. The van der Waals surface area contributed by atoms with E-state index < -0.39 is 10.0 Å². The van der Waals surface area contributed by atoms with E-state index in [4.69, 9.17) is 4.74 Å². The van der Waals surface area contributed by atoms with Crippen molar-refractivity contribution in [2.75, 3.05) is 36.4 Å². The minimum atomic E-state index is -3.26. The molecule has 1 heterocycles. The lowest BCUT2D eigenvalue weighted by atomic mass is 10.2. The fourth-order valence-corrected chi connectivity index (χ4v) is 4.14. The van der Waals surface area contributed by atoms with E-state index in [1.165, 1.54) is 4.31 Å². The van der Waals surface area contributed by atoms with Gasteiger partial charge >= 0.3 is 0 Å². The Labute approximate surface area is 137 Å². The second-order valence-electron chi connectivity index (χ2n) is 5.45. The normalized spacial score (nSPS) is 17.0. The molecule has 1 fully saturated rings. The highest BCUT2D eigenvalue weighted by Crippen LogP contribution is 2.24. The quantitative estimate of drug-likeness (QED) is 0.768. The van der Waals surface area contributed by atoms with Gasteiger partial charge in [-0.25, -0.2) is 8.42 Å². The minimum absolute atomic E-state index is 0.168. The number of benzene rings is 1. The first-order valence-corrected chi connectivity index (χ1v) is 9.62. The van der Waals surface area contributed by atoms with E-state index in [1.54, 1.807) is 24.3 Å².